The van der Waals surface area contributed by atoms with Crippen LogP contribution in [0.3, 0.4) is 0 Å². The van der Waals surface area contributed by atoms with Crippen LogP contribution >= 0.6 is 0 Å². The van der Waals surface area contributed by atoms with Crippen molar-refractivity contribution in [1.82, 2.24) is 16.0 Å². The van der Waals surface area contributed by atoms with Gasteiger partial charge in [-0.3, -0.25) is 9.59 Å². The monoisotopic (exact) mass is 243 g/mol. The van der Waals surface area contributed by atoms with Crippen molar-refractivity contribution in [3.63, 3.8) is 0 Å². The number of carbonyl (C=O) groups excluding carboxylic acids is 2. The van der Waals surface area contributed by atoms with Crippen molar-refractivity contribution in [3.05, 3.63) is 0 Å². The van der Waals surface area contributed by atoms with E-state index in [-0.39, 0.29) is 24.4 Å². The van der Waals surface area contributed by atoms with E-state index in [2.05, 4.69) is 16.0 Å². The van der Waals surface area contributed by atoms with Crippen molar-refractivity contribution in [3.8, 4) is 0 Å². The Morgan fingerprint density at radius 3 is 2.53 bits per heavy atom. The maximum atomic E-state index is 11.3. The van der Waals surface area contributed by atoms with E-state index in [0.29, 0.717) is 19.3 Å². The Bertz CT molecular complexity index is 319. The SMILES string of the molecule is CNC(=O)CNC(=O)N[C@H]1CC[C@@H](C(=O)O)C1. The minimum absolute atomic E-state index is 0.0859. The minimum atomic E-state index is -0.819. The van der Waals surface area contributed by atoms with Crippen LogP contribution in [-0.4, -0.2) is 42.6 Å². The Morgan fingerprint density at radius 2 is 2.00 bits per heavy atom. The van der Waals surface area contributed by atoms with Crippen LogP contribution in [0, 0.1) is 5.92 Å². The number of hydrogen-bond acceptors (Lipinski definition) is 3. The molecular formula is C10H17N3O4. The van der Waals surface area contributed by atoms with Crippen molar-refractivity contribution in [2.75, 3.05) is 13.6 Å². The first kappa shape index (κ1) is 13.3. The van der Waals surface area contributed by atoms with E-state index in [9.17, 15) is 14.4 Å². The molecule has 0 radical (unpaired) electrons. The van der Waals surface area contributed by atoms with E-state index in [1.54, 1.807) is 0 Å². The highest BCUT2D eigenvalue weighted by molar-refractivity contribution is 5.83. The molecule has 0 spiro atoms. The lowest BCUT2D eigenvalue weighted by Crippen LogP contribution is -2.44. The number of nitrogens with one attached hydrogen (secondary N) is 3. The van der Waals surface area contributed by atoms with Crippen molar-refractivity contribution in [1.29, 1.82) is 0 Å². The molecule has 3 amide bonds. The van der Waals surface area contributed by atoms with Crippen LogP contribution in [0.4, 0.5) is 4.79 Å². The molecule has 17 heavy (non-hydrogen) atoms. The second-order valence-corrected chi connectivity index (χ2v) is 4.05. The summed E-state index contributed by atoms with van der Waals surface area (Å²) in [5.74, 6) is -1.48. The van der Waals surface area contributed by atoms with Gasteiger partial charge in [-0.25, -0.2) is 4.79 Å². The molecule has 96 valence electrons. The summed E-state index contributed by atoms with van der Waals surface area (Å²) < 4.78 is 0. The van der Waals surface area contributed by atoms with E-state index in [1.165, 1.54) is 7.05 Å². The molecule has 1 saturated carbocycles. The lowest BCUT2D eigenvalue weighted by molar-refractivity contribution is -0.141. The summed E-state index contributed by atoms with van der Waals surface area (Å²) in [6.45, 7) is -0.0859. The summed E-state index contributed by atoms with van der Waals surface area (Å²) >= 11 is 0. The first-order chi connectivity index (χ1) is 8.02. The Hall–Kier alpha value is -1.79. The smallest absolute Gasteiger partial charge is 0.315 e. The molecule has 4 N–H and O–H groups in total. The van der Waals surface area contributed by atoms with Crippen molar-refractivity contribution in [2.45, 2.75) is 25.3 Å². The van der Waals surface area contributed by atoms with Gasteiger partial charge in [-0.15, -0.1) is 0 Å². The molecule has 1 rings (SSSR count). The molecule has 0 aromatic carbocycles. The highest BCUT2D eigenvalue weighted by Gasteiger charge is 2.30. The zero-order chi connectivity index (χ0) is 12.8. The average molecular weight is 243 g/mol. The second-order valence-electron chi connectivity index (χ2n) is 4.05. The third kappa shape index (κ3) is 4.29. The van der Waals surface area contributed by atoms with Gasteiger partial charge in [-0.2, -0.15) is 0 Å². The molecule has 0 saturated heterocycles. The fourth-order valence-corrected chi connectivity index (χ4v) is 1.82. The van der Waals surface area contributed by atoms with E-state index >= 15 is 0 Å². The van der Waals surface area contributed by atoms with Crippen LogP contribution in [0.25, 0.3) is 0 Å². The zero-order valence-corrected chi connectivity index (χ0v) is 9.66. The number of urea groups is 1. The van der Waals surface area contributed by atoms with Crippen LogP contribution in [0.5, 0.6) is 0 Å². The number of hydrogen-bond donors (Lipinski definition) is 4. The number of aliphatic carboxylic acids is 1. The molecule has 7 heteroatoms. The van der Waals surface area contributed by atoms with Crippen LogP contribution in [0.2, 0.25) is 0 Å². The lowest BCUT2D eigenvalue weighted by Gasteiger charge is -2.12. The zero-order valence-electron chi connectivity index (χ0n) is 9.66. The molecule has 1 aliphatic rings. The number of amides is 3. The largest absolute Gasteiger partial charge is 0.481 e. The minimum Gasteiger partial charge on any atom is -0.481 e. The third-order valence-corrected chi connectivity index (χ3v) is 2.81. The van der Waals surface area contributed by atoms with Gasteiger partial charge in [0, 0.05) is 13.1 Å². The third-order valence-electron chi connectivity index (χ3n) is 2.81. The molecular weight excluding hydrogens is 226 g/mol. The first-order valence-electron chi connectivity index (χ1n) is 5.50. The number of carboxylic acid groups (broad SMARTS) is 1. The van der Waals surface area contributed by atoms with Gasteiger partial charge in [-0.05, 0) is 19.3 Å². The summed E-state index contributed by atoms with van der Waals surface area (Å²) in [5, 5.41) is 16.2. The van der Waals surface area contributed by atoms with Gasteiger partial charge >= 0.3 is 12.0 Å². The van der Waals surface area contributed by atoms with E-state index in [1.807, 2.05) is 0 Å². The van der Waals surface area contributed by atoms with Gasteiger partial charge in [0.15, 0.2) is 0 Å². The highest BCUT2D eigenvalue weighted by Crippen LogP contribution is 2.25. The Kier molecular flexibility index (Phi) is 4.74. The summed E-state index contributed by atoms with van der Waals surface area (Å²) in [7, 11) is 1.48. The van der Waals surface area contributed by atoms with Gasteiger partial charge in [0.25, 0.3) is 0 Å². The van der Waals surface area contributed by atoms with Crippen molar-refractivity contribution >= 4 is 17.9 Å². The molecule has 7 nitrogen and oxygen atoms in total. The van der Waals surface area contributed by atoms with E-state index in [0.717, 1.165) is 0 Å². The Morgan fingerprint density at radius 1 is 1.29 bits per heavy atom. The van der Waals surface area contributed by atoms with Crippen molar-refractivity contribution in [2.24, 2.45) is 5.92 Å². The van der Waals surface area contributed by atoms with Crippen molar-refractivity contribution < 1.29 is 19.5 Å². The molecule has 0 unspecified atom stereocenters. The topological polar surface area (TPSA) is 108 Å². The number of carbonyl (C=O) groups is 3. The molecule has 0 bridgehead atoms. The Balaban J connectivity index is 2.24. The fraction of sp³-hybridized carbons (Fsp3) is 0.700. The van der Waals surface area contributed by atoms with Crippen LogP contribution in [0.1, 0.15) is 19.3 Å². The van der Waals surface area contributed by atoms with Crippen LogP contribution in [0.15, 0.2) is 0 Å². The Labute approximate surface area is 98.9 Å². The van der Waals surface area contributed by atoms with E-state index < -0.39 is 12.0 Å². The standard InChI is InChI=1S/C10H17N3O4/c1-11-8(14)5-12-10(17)13-7-3-2-6(4-7)9(15)16/h6-7H,2-5H2,1H3,(H,11,14)(H,15,16)(H2,12,13,17)/t6-,7+/m1/s1. The lowest BCUT2D eigenvalue weighted by atomic mass is 10.1. The quantitative estimate of drug-likeness (QED) is 0.523. The summed E-state index contributed by atoms with van der Waals surface area (Å²) in [6, 6.07) is -0.564. The van der Waals surface area contributed by atoms with Gasteiger partial charge < -0.3 is 21.1 Å². The molecule has 1 aliphatic carbocycles. The number of carboxylic acids is 1. The van der Waals surface area contributed by atoms with Gasteiger partial charge in [0.05, 0.1) is 12.5 Å². The van der Waals surface area contributed by atoms with Gasteiger partial charge in [0.2, 0.25) is 5.91 Å². The normalized spacial score (nSPS) is 22.9. The van der Waals surface area contributed by atoms with E-state index in [4.69, 9.17) is 5.11 Å². The summed E-state index contributed by atoms with van der Waals surface area (Å²) in [6.07, 6.45) is 1.68. The molecule has 1 fully saturated rings. The number of likely N-dealkylation sites (N-methyl/N-ethyl adjacent to an activating group) is 1. The molecule has 0 aliphatic heterocycles. The number of rotatable bonds is 4. The second kappa shape index (κ2) is 6.07. The average Bonchev–Trinajstić information content (AvgIpc) is 2.74. The van der Waals surface area contributed by atoms with Crippen LogP contribution in [-0.2, 0) is 9.59 Å². The predicted octanol–water partition coefficient (Wildman–Crippen LogP) is -0.715. The predicted molar refractivity (Wildman–Crippen MR) is 59.4 cm³/mol. The maximum Gasteiger partial charge on any atom is 0.315 e. The van der Waals surface area contributed by atoms with Gasteiger partial charge in [-0.1, -0.05) is 0 Å². The maximum absolute atomic E-state index is 11.3. The molecule has 0 aromatic heterocycles. The summed E-state index contributed by atoms with van der Waals surface area (Å²) in [5.41, 5.74) is 0. The van der Waals surface area contributed by atoms with Crippen LogP contribution < -0.4 is 16.0 Å². The molecule has 0 heterocycles. The molecule has 2 atom stereocenters. The fourth-order valence-electron chi connectivity index (χ4n) is 1.82. The highest BCUT2D eigenvalue weighted by atomic mass is 16.4. The van der Waals surface area contributed by atoms with Gasteiger partial charge in [0.1, 0.15) is 0 Å². The first-order valence-corrected chi connectivity index (χ1v) is 5.50. The summed E-state index contributed by atoms with van der Waals surface area (Å²) in [4.78, 5) is 32.9. The molecule has 0 aromatic rings.